The molecule has 4 unspecified atom stereocenters. The van der Waals surface area contributed by atoms with Gasteiger partial charge in [0.05, 0.1) is 0 Å². The van der Waals surface area contributed by atoms with E-state index < -0.39 is 35.4 Å². The quantitative estimate of drug-likeness (QED) is 0.628. The van der Waals surface area contributed by atoms with Crippen LogP contribution in [0.15, 0.2) is 0 Å². The minimum atomic E-state index is -1.02. The molecule has 0 saturated heterocycles. The molecule has 4 nitrogen and oxygen atoms in total. The number of hydrogen-bond donors (Lipinski definition) is 0. The second-order valence-corrected chi connectivity index (χ2v) is 6.01. The summed E-state index contributed by atoms with van der Waals surface area (Å²) < 4.78 is 34.9. The third kappa shape index (κ3) is 7.58. The molecule has 0 bridgehead atoms. The van der Waals surface area contributed by atoms with Gasteiger partial charge in [-0.2, -0.15) is 0 Å². The smallest absolute Gasteiger partial charge is 0.404 e. The fraction of sp³-hybridized carbons (Fsp3) is 0.857. The van der Waals surface area contributed by atoms with Crippen LogP contribution in [-0.4, -0.2) is 35.4 Å². The maximum atomic E-state index is 12.9. The second-order valence-electron chi connectivity index (χ2n) is 5.39. The van der Waals surface area contributed by atoms with Gasteiger partial charge in [-0.3, -0.25) is 0 Å². The van der Waals surface area contributed by atoms with Crippen molar-refractivity contribution < 1.29 is 27.8 Å². The molecule has 2 saturated carbocycles. The van der Waals surface area contributed by atoms with Gasteiger partial charge in [0, 0.05) is 23.2 Å². The van der Waals surface area contributed by atoms with Crippen molar-refractivity contribution in [2.45, 2.75) is 75.9 Å². The van der Waals surface area contributed by atoms with E-state index in [1.807, 2.05) is 0 Å². The summed E-state index contributed by atoms with van der Waals surface area (Å²) in [6.45, 7) is 0. The Hall–Kier alpha value is -0.620. The molecule has 8 heteroatoms. The van der Waals surface area contributed by atoms with Crippen molar-refractivity contribution in [3.63, 3.8) is 0 Å². The summed E-state index contributed by atoms with van der Waals surface area (Å²) in [7, 11) is 0. The first-order valence-corrected chi connectivity index (χ1v) is 8.16. The Morgan fingerprint density at radius 1 is 0.727 bits per heavy atom. The predicted octanol–water partition coefficient (Wildman–Crippen LogP) is 5.29. The molecule has 0 heterocycles. The van der Waals surface area contributed by atoms with Crippen LogP contribution in [0.3, 0.4) is 0 Å². The van der Waals surface area contributed by atoms with E-state index in [-0.39, 0.29) is 0 Å². The molecule has 2 aliphatic rings. The third-order valence-corrected chi connectivity index (χ3v) is 3.91. The minimum absolute atomic E-state index is 0.481. The van der Waals surface area contributed by atoms with Crippen LogP contribution in [-0.2, 0) is 9.47 Å². The molecule has 0 aromatic carbocycles. The zero-order valence-electron chi connectivity index (χ0n) is 12.1. The Morgan fingerprint density at radius 2 is 1.05 bits per heavy atom. The molecule has 22 heavy (non-hydrogen) atoms. The monoisotopic (exact) mass is 360 g/mol. The average molecular weight is 361 g/mol. The van der Waals surface area contributed by atoms with Crippen molar-refractivity contribution in [3.05, 3.63) is 0 Å². The van der Waals surface area contributed by atoms with Gasteiger partial charge in [-0.15, -0.1) is 0 Å². The zero-order valence-corrected chi connectivity index (χ0v) is 13.6. The molecule has 0 radical (unpaired) electrons. The highest BCUT2D eigenvalue weighted by molar-refractivity contribution is 6.61. The van der Waals surface area contributed by atoms with Gasteiger partial charge in [-0.25, -0.2) is 18.4 Å². The van der Waals surface area contributed by atoms with E-state index in [0.717, 1.165) is 25.7 Å². The number of hydrogen-bond acceptors (Lipinski definition) is 4. The Labute approximate surface area is 138 Å². The Balaban J connectivity index is 0.000000220. The van der Waals surface area contributed by atoms with E-state index >= 15 is 0 Å². The lowest BCUT2D eigenvalue weighted by Gasteiger charge is -2.24. The van der Waals surface area contributed by atoms with Gasteiger partial charge in [0.25, 0.3) is 0 Å². The number of carbonyl (C=O) groups excluding carboxylic acids is 2. The van der Waals surface area contributed by atoms with Gasteiger partial charge >= 0.3 is 10.9 Å². The highest BCUT2D eigenvalue weighted by Gasteiger charge is 2.28. The van der Waals surface area contributed by atoms with E-state index in [4.69, 9.17) is 23.2 Å². The Kier molecular flexibility index (Phi) is 9.02. The Bertz CT molecular complexity index is 337. The van der Waals surface area contributed by atoms with Crippen molar-refractivity contribution in [2.24, 2.45) is 0 Å². The molecule has 2 aliphatic carbocycles. The van der Waals surface area contributed by atoms with Crippen LogP contribution >= 0.6 is 23.2 Å². The van der Waals surface area contributed by atoms with Crippen molar-refractivity contribution >= 4 is 34.1 Å². The van der Waals surface area contributed by atoms with Crippen molar-refractivity contribution in [1.29, 1.82) is 0 Å². The maximum absolute atomic E-state index is 12.9. The fourth-order valence-electron chi connectivity index (χ4n) is 2.61. The van der Waals surface area contributed by atoms with E-state index in [1.165, 1.54) is 0 Å². The van der Waals surface area contributed by atoms with E-state index in [0.29, 0.717) is 25.7 Å². The number of rotatable bonds is 2. The second kappa shape index (κ2) is 10.2. The third-order valence-electron chi connectivity index (χ3n) is 3.73. The number of ether oxygens (including phenoxy) is 2. The summed E-state index contributed by atoms with van der Waals surface area (Å²) in [5, 5.41) is 0. The fourth-order valence-corrected chi connectivity index (χ4v) is 2.84. The molecule has 2 rings (SSSR count). The predicted molar refractivity (Wildman–Crippen MR) is 79.0 cm³/mol. The molecule has 0 N–H and O–H groups in total. The van der Waals surface area contributed by atoms with Crippen LogP contribution in [0.2, 0.25) is 0 Å². The van der Waals surface area contributed by atoms with Gasteiger partial charge in [-0.1, -0.05) is 12.8 Å². The molecule has 0 aromatic rings. The number of halogens is 4. The summed E-state index contributed by atoms with van der Waals surface area (Å²) in [5.74, 6) is 0. The largest absolute Gasteiger partial charge is 0.447 e. The van der Waals surface area contributed by atoms with Crippen LogP contribution in [0.1, 0.15) is 51.4 Å². The summed E-state index contributed by atoms with van der Waals surface area (Å²) >= 11 is 9.90. The normalized spacial score (nSPS) is 31.5. The minimum Gasteiger partial charge on any atom is -0.447 e. The summed E-state index contributed by atoms with van der Waals surface area (Å²) in [4.78, 5) is 20.5. The summed E-state index contributed by atoms with van der Waals surface area (Å²) in [6.07, 6.45) is 2.48. The van der Waals surface area contributed by atoms with Crippen LogP contribution in [0.5, 0.6) is 0 Å². The zero-order chi connectivity index (χ0) is 16.5. The topological polar surface area (TPSA) is 52.6 Å². The molecular weight excluding hydrogens is 341 g/mol. The standard InChI is InChI=1S/2C7H10ClFO2/c2*8-7(10)11-6-4-2-1-3-5(6)9/h2*5-6H,1-4H2. The van der Waals surface area contributed by atoms with Crippen molar-refractivity contribution in [1.82, 2.24) is 0 Å². The van der Waals surface area contributed by atoms with Gasteiger partial charge < -0.3 is 9.47 Å². The highest BCUT2D eigenvalue weighted by atomic mass is 35.5. The van der Waals surface area contributed by atoms with Gasteiger partial charge in [0.1, 0.15) is 24.6 Å². The first-order chi connectivity index (χ1) is 10.4. The number of alkyl halides is 2. The SMILES string of the molecule is O=C(Cl)OC1CCCCC1F.O=C(Cl)OC1CCCCC1F. The molecule has 128 valence electrons. The average Bonchev–Trinajstić information content (AvgIpc) is 2.44. The van der Waals surface area contributed by atoms with E-state index in [2.05, 4.69) is 9.47 Å². The van der Waals surface area contributed by atoms with Crippen molar-refractivity contribution in [2.75, 3.05) is 0 Å². The highest BCUT2D eigenvalue weighted by Crippen LogP contribution is 2.25. The lowest BCUT2D eigenvalue weighted by Crippen LogP contribution is -2.29. The summed E-state index contributed by atoms with van der Waals surface area (Å²) in [5.41, 5.74) is -1.81. The molecule has 0 aromatic heterocycles. The van der Waals surface area contributed by atoms with Crippen molar-refractivity contribution in [3.8, 4) is 0 Å². The van der Waals surface area contributed by atoms with Crippen LogP contribution in [0, 0.1) is 0 Å². The molecule has 4 atom stereocenters. The molecule has 0 amide bonds. The maximum Gasteiger partial charge on any atom is 0.404 e. The lowest BCUT2D eigenvalue weighted by atomic mass is 9.96. The number of carbonyl (C=O) groups is 2. The Morgan fingerprint density at radius 3 is 1.32 bits per heavy atom. The van der Waals surface area contributed by atoms with Gasteiger partial charge in [-0.05, 0) is 38.5 Å². The van der Waals surface area contributed by atoms with Gasteiger partial charge in [0.2, 0.25) is 0 Å². The van der Waals surface area contributed by atoms with Crippen LogP contribution < -0.4 is 0 Å². The first kappa shape index (κ1) is 19.4. The molecule has 0 aliphatic heterocycles. The molecular formula is C14H20Cl2F2O4. The van der Waals surface area contributed by atoms with Crippen LogP contribution in [0.4, 0.5) is 18.4 Å². The summed E-state index contributed by atoms with van der Waals surface area (Å²) in [6, 6.07) is 0. The van der Waals surface area contributed by atoms with Crippen LogP contribution in [0.25, 0.3) is 0 Å². The first-order valence-electron chi connectivity index (χ1n) is 7.40. The molecule has 2 fully saturated rings. The van der Waals surface area contributed by atoms with E-state index in [1.54, 1.807) is 0 Å². The lowest BCUT2D eigenvalue weighted by molar-refractivity contribution is 0.0327. The van der Waals surface area contributed by atoms with Gasteiger partial charge in [0.15, 0.2) is 0 Å². The van der Waals surface area contributed by atoms with E-state index in [9.17, 15) is 18.4 Å². The molecule has 0 spiro atoms.